The molecule has 35 heavy (non-hydrogen) atoms. The molecule has 0 unspecified atom stereocenters. The Balaban J connectivity index is 1.52. The van der Waals surface area contributed by atoms with E-state index in [0.717, 1.165) is 53.4 Å². The van der Waals surface area contributed by atoms with E-state index in [1.165, 1.54) is 13.2 Å². The highest BCUT2D eigenvalue weighted by Crippen LogP contribution is 2.29. The van der Waals surface area contributed by atoms with E-state index in [1.807, 2.05) is 24.3 Å². The molecular weight excluding hydrogens is 461 g/mol. The Morgan fingerprint density at radius 3 is 2.69 bits per heavy atom. The summed E-state index contributed by atoms with van der Waals surface area (Å²) in [5, 5.41) is 1.02. The van der Waals surface area contributed by atoms with E-state index < -0.39 is 10.0 Å². The number of hydrogen-bond acceptors (Lipinski definition) is 6. The van der Waals surface area contributed by atoms with Gasteiger partial charge in [0.05, 0.1) is 18.1 Å². The zero-order valence-corrected chi connectivity index (χ0v) is 20.9. The van der Waals surface area contributed by atoms with E-state index in [9.17, 15) is 8.42 Å². The Hall–Kier alpha value is -3.11. The number of nitrogens with zero attached hydrogens (tertiary/aromatic N) is 3. The molecule has 0 atom stereocenters. The second kappa shape index (κ2) is 10.7. The second-order valence-corrected chi connectivity index (χ2v) is 10.2. The van der Waals surface area contributed by atoms with Crippen LogP contribution in [0.5, 0.6) is 5.75 Å². The van der Waals surface area contributed by atoms with E-state index in [4.69, 9.17) is 23.3 Å². The number of nitrogens with two attached hydrogens (primary N) is 1. The summed E-state index contributed by atoms with van der Waals surface area (Å²) in [7, 11) is 3.47. The van der Waals surface area contributed by atoms with Gasteiger partial charge >= 0.3 is 0 Å². The number of hydrogen-bond donors (Lipinski definition) is 2. The van der Waals surface area contributed by atoms with Gasteiger partial charge in [0.25, 0.3) is 0 Å². The summed E-state index contributed by atoms with van der Waals surface area (Å²) in [4.78, 5) is 9.41. The summed E-state index contributed by atoms with van der Waals surface area (Å²) >= 11 is 0. The predicted octanol–water partition coefficient (Wildman–Crippen LogP) is 3.07. The normalized spacial score (nSPS) is 11.9. The lowest BCUT2D eigenvalue weighted by atomic mass is 9.97. The van der Waals surface area contributed by atoms with Crippen molar-refractivity contribution in [2.45, 2.75) is 50.5 Å². The van der Waals surface area contributed by atoms with Gasteiger partial charge in [0.15, 0.2) is 5.82 Å². The predicted molar refractivity (Wildman–Crippen MR) is 141 cm³/mol. The van der Waals surface area contributed by atoms with Gasteiger partial charge in [-0.15, -0.1) is 0 Å². The number of ether oxygens (including phenoxy) is 1. The highest BCUT2D eigenvalue weighted by Gasteiger charge is 2.20. The number of sulfonamides is 1. The van der Waals surface area contributed by atoms with Crippen LogP contribution in [-0.2, 0) is 23.0 Å². The first kappa shape index (κ1) is 25.0. The number of unbranched alkanes of at least 4 members (excludes halogenated alkanes) is 2. The van der Waals surface area contributed by atoms with Gasteiger partial charge in [-0.2, -0.15) is 0 Å². The van der Waals surface area contributed by atoms with Crippen LogP contribution in [0.25, 0.3) is 21.9 Å². The number of aryl methyl sites for hydroxylation is 2. The highest BCUT2D eigenvalue weighted by molar-refractivity contribution is 7.89. The van der Waals surface area contributed by atoms with Gasteiger partial charge in [-0.05, 0) is 37.5 Å². The number of para-hydroxylation sites is 1. The maximum absolute atomic E-state index is 12.8. The number of methoxy groups -OCH3 is 1. The molecule has 4 aromatic rings. The third kappa shape index (κ3) is 5.28. The molecule has 0 bridgehead atoms. The number of anilines is 1. The smallest absolute Gasteiger partial charge is 0.244 e. The molecule has 4 rings (SSSR count). The van der Waals surface area contributed by atoms with Gasteiger partial charge in [0, 0.05) is 24.9 Å². The number of pyridine rings is 1. The monoisotopic (exact) mass is 491 g/mol. The second-order valence-electron chi connectivity index (χ2n) is 8.51. The molecule has 182 valence electrons. The first-order chi connectivity index (χ1) is 16.9. The number of fused-ring (bicyclic) bond motifs is 3. The zero-order chi connectivity index (χ0) is 25.0. The van der Waals surface area contributed by atoms with Crippen LogP contribution in [0.2, 0.25) is 0 Å². The number of rotatable bonds is 11. The Morgan fingerprint density at radius 1 is 1.11 bits per heavy atom. The van der Waals surface area contributed by atoms with Crippen molar-refractivity contribution in [3.05, 3.63) is 48.3 Å². The molecule has 3 N–H and O–H groups in total. The van der Waals surface area contributed by atoms with Crippen LogP contribution in [0, 0.1) is 0 Å². The van der Waals surface area contributed by atoms with Crippen LogP contribution in [0.3, 0.4) is 0 Å². The molecule has 0 aliphatic rings. The minimum Gasteiger partial charge on any atom is -0.495 e. The lowest BCUT2D eigenvalue weighted by Crippen LogP contribution is -2.26. The number of imidazole rings is 1. The van der Waals surface area contributed by atoms with Crippen LogP contribution in [0.15, 0.2) is 47.4 Å². The molecule has 10 heteroatoms. The summed E-state index contributed by atoms with van der Waals surface area (Å²) in [6, 6.07) is 12.5. The number of benzene rings is 2. The van der Waals surface area contributed by atoms with E-state index in [0.29, 0.717) is 30.8 Å². The highest BCUT2D eigenvalue weighted by atomic mass is 32.2. The Bertz CT molecular complexity index is 1450. The van der Waals surface area contributed by atoms with Gasteiger partial charge in [-0.25, -0.2) is 23.1 Å². The maximum atomic E-state index is 12.8. The van der Waals surface area contributed by atoms with Crippen molar-refractivity contribution in [2.24, 2.45) is 0 Å². The molecule has 0 saturated heterocycles. The molecule has 2 aromatic carbocycles. The molecular formula is C25H30BN5O3S. The zero-order valence-electron chi connectivity index (χ0n) is 20.1. The van der Waals surface area contributed by atoms with Crippen LogP contribution < -0.4 is 20.7 Å². The van der Waals surface area contributed by atoms with Crippen LogP contribution in [0.1, 0.15) is 38.4 Å². The van der Waals surface area contributed by atoms with Crippen molar-refractivity contribution in [2.75, 3.05) is 19.4 Å². The first-order valence-corrected chi connectivity index (χ1v) is 13.3. The topological polar surface area (TPSA) is 112 Å². The largest absolute Gasteiger partial charge is 0.495 e. The number of aromatic nitrogens is 3. The summed E-state index contributed by atoms with van der Waals surface area (Å²) < 4.78 is 35.7. The fourth-order valence-electron chi connectivity index (χ4n) is 4.25. The van der Waals surface area contributed by atoms with Gasteiger partial charge < -0.3 is 15.0 Å². The standard InChI is InChI=1S/C25H30BN5O3S/c1-3-4-11-22-30-23-24(18-9-5-6-10-19(18)29-25(23)27)31(22)15-8-7-14-28-35(32,33)21-16-17(26)12-13-20(21)34-2/h5-6,9-10,12-13,16,28H,3-4,7-8,11,14-15H2,1-2H3,(H2,27,29). The lowest BCUT2D eigenvalue weighted by Gasteiger charge is -2.13. The van der Waals surface area contributed by atoms with Crippen molar-refractivity contribution in [3.63, 3.8) is 0 Å². The maximum Gasteiger partial charge on any atom is 0.244 e. The van der Waals surface area contributed by atoms with Crippen LogP contribution in [0.4, 0.5) is 5.82 Å². The van der Waals surface area contributed by atoms with Crippen molar-refractivity contribution in [1.82, 2.24) is 19.3 Å². The molecule has 2 radical (unpaired) electrons. The minimum atomic E-state index is -3.75. The van der Waals surface area contributed by atoms with Crippen molar-refractivity contribution < 1.29 is 13.2 Å². The molecule has 0 fully saturated rings. The SMILES string of the molecule is [B]c1ccc(OC)c(S(=O)(=O)NCCCCn2c(CCCC)nc3c(N)nc4ccccc4c32)c1. The third-order valence-electron chi connectivity index (χ3n) is 6.02. The van der Waals surface area contributed by atoms with Gasteiger partial charge in [0.1, 0.15) is 29.8 Å². The Kier molecular flexibility index (Phi) is 7.61. The summed E-state index contributed by atoms with van der Waals surface area (Å²) in [5.41, 5.74) is 9.18. The third-order valence-corrected chi connectivity index (χ3v) is 7.50. The van der Waals surface area contributed by atoms with Gasteiger partial charge in [-0.3, -0.25) is 0 Å². The molecule has 2 aromatic heterocycles. The lowest BCUT2D eigenvalue weighted by molar-refractivity contribution is 0.402. The first-order valence-electron chi connectivity index (χ1n) is 11.8. The molecule has 2 heterocycles. The van der Waals surface area contributed by atoms with E-state index in [1.54, 1.807) is 12.1 Å². The molecule has 0 amide bonds. The Morgan fingerprint density at radius 2 is 1.91 bits per heavy atom. The summed E-state index contributed by atoms with van der Waals surface area (Å²) in [6.07, 6.45) is 4.34. The fraction of sp³-hybridized carbons (Fsp3) is 0.360. The van der Waals surface area contributed by atoms with E-state index >= 15 is 0 Å². The molecule has 0 aliphatic carbocycles. The summed E-state index contributed by atoms with van der Waals surface area (Å²) in [6.45, 7) is 3.15. The average molecular weight is 491 g/mol. The van der Waals surface area contributed by atoms with Crippen molar-refractivity contribution >= 4 is 51.1 Å². The van der Waals surface area contributed by atoms with E-state index in [2.05, 4.69) is 21.2 Å². The van der Waals surface area contributed by atoms with Crippen molar-refractivity contribution in [1.29, 1.82) is 0 Å². The number of nitrogen functional groups attached to an aromatic ring is 1. The van der Waals surface area contributed by atoms with E-state index in [-0.39, 0.29) is 10.6 Å². The summed E-state index contributed by atoms with van der Waals surface area (Å²) in [5.74, 6) is 1.67. The van der Waals surface area contributed by atoms with Crippen LogP contribution in [-0.4, -0.2) is 44.5 Å². The van der Waals surface area contributed by atoms with Gasteiger partial charge in [0.2, 0.25) is 10.0 Å². The molecule has 0 aliphatic heterocycles. The molecule has 0 saturated carbocycles. The average Bonchev–Trinajstić information content (AvgIpc) is 3.21. The molecule has 8 nitrogen and oxygen atoms in total. The molecule has 0 spiro atoms. The quantitative estimate of drug-likeness (QED) is 0.246. The Labute approximate surface area is 207 Å². The minimum absolute atomic E-state index is 0.0388. The fourth-order valence-corrected chi connectivity index (χ4v) is 5.53. The van der Waals surface area contributed by atoms with Gasteiger partial charge in [-0.1, -0.05) is 43.1 Å². The van der Waals surface area contributed by atoms with Crippen molar-refractivity contribution in [3.8, 4) is 5.75 Å². The number of nitrogens with one attached hydrogen (secondary N) is 1. The van der Waals surface area contributed by atoms with Crippen LogP contribution >= 0.6 is 0 Å².